The summed E-state index contributed by atoms with van der Waals surface area (Å²) >= 11 is 6.13. The molecular formula is C24H16ClF3P+. The Morgan fingerprint density at radius 1 is 0.414 bits per heavy atom. The van der Waals surface area contributed by atoms with Gasteiger partial charge in [0.25, 0.3) is 0 Å². The van der Waals surface area contributed by atoms with Crippen LogP contribution in [-0.2, 0) is 0 Å². The Kier molecular flexibility index (Phi) is 5.45. The molecule has 4 aromatic carbocycles. The summed E-state index contributed by atoms with van der Waals surface area (Å²) < 4.78 is 41.2. The molecule has 0 spiro atoms. The first-order chi connectivity index (χ1) is 14.0. The van der Waals surface area contributed by atoms with Crippen molar-refractivity contribution >= 4 is 40.1 Å². The zero-order valence-electron chi connectivity index (χ0n) is 15.2. The summed E-state index contributed by atoms with van der Waals surface area (Å²) in [5.74, 6) is -1.04. The van der Waals surface area contributed by atoms with E-state index in [2.05, 4.69) is 0 Å². The summed E-state index contributed by atoms with van der Waals surface area (Å²) in [4.78, 5) is 0. The molecule has 0 aliphatic carbocycles. The van der Waals surface area contributed by atoms with Crippen LogP contribution in [0.4, 0.5) is 13.2 Å². The highest BCUT2D eigenvalue weighted by Gasteiger charge is 2.48. The molecule has 0 aliphatic heterocycles. The summed E-state index contributed by atoms with van der Waals surface area (Å²) in [6.45, 7) is 0. The van der Waals surface area contributed by atoms with Gasteiger partial charge in [0, 0.05) is 5.02 Å². The summed E-state index contributed by atoms with van der Waals surface area (Å²) in [7, 11) is -2.54. The van der Waals surface area contributed by atoms with Gasteiger partial charge in [0.05, 0.1) is 0 Å². The van der Waals surface area contributed by atoms with Gasteiger partial charge in [0.15, 0.2) is 0 Å². The Bertz CT molecular complexity index is 919. The Balaban J connectivity index is 2.11. The molecule has 0 nitrogen and oxygen atoms in total. The van der Waals surface area contributed by atoms with Crippen LogP contribution < -0.4 is 21.2 Å². The molecule has 5 heteroatoms. The number of hydrogen-bond donors (Lipinski definition) is 0. The van der Waals surface area contributed by atoms with Crippen LogP contribution in [0.15, 0.2) is 97.1 Å². The van der Waals surface area contributed by atoms with Crippen LogP contribution in [0.1, 0.15) is 0 Å². The lowest BCUT2D eigenvalue weighted by molar-refractivity contribution is 0.628. The van der Waals surface area contributed by atoms with E-state index in [1.54, 1.807) is 48.5 Å². The molecule has 144 valence electrons. The molecular weight excluding hydrogens is 412 g/mol. The number of benzene rings is 4. The van der Waals surface area contributed by atoms with Crippen LogP contribution >= 0.6 is 18.9 Å². The van der Waals surface area contributed by atoms with Crippen molar-refractivity contribution in [2.24, 2.45) is 0 Å². The fourth-order valence-electron chi connectivity index (χ4n) is 3.55. The second-order valence-corrected chi connectivity index (χ2v) is 10.4. The van der Waals surface area contributed by atoms with Gasteiger partial charge in [-0.3, -0.25) is 0 Å². The van der Waals surface area contributed by atoms with Crippen LogP contribution in [0.25, 0.3) is 0 Å². The lowest BCUT2D eigenvalue weighted by atomic mass is 10.3. The molecule has 0 unspecified atom stereocenters. The van der Waals surface area contributed by atoms with Gasteiger partial charge in [-0.2, -0.15) is 0 Å². The number of rotatable bonds is 4. The summed E-state index contributed by atoms with van der Waals surface area (Å²) in [6.07, 6.45) is 0. The summed E-state index contributed by atoms with van der Waals surface area (Å²) in [5, 5.41) is 4.16. The van der Waals surface area contributed by atoms with Crippen LogP contribution in [-0.4, -0.2) is 0 Å². The minimum Gasteiger partial charge on any atom is -0.207 e. The van der Waals surface area contributed by atoms with Crippen LogP contribution in [0.5, 0.6) is 0 Å². The highest BCUT2D eigenvalue weighted by Crippen LogP contribution is 2.54. The third kappa shape index (κ3) is 3.69. The van der Waals surface area contributed by atoms with E-state index in [-0.39, 0.29) is 17.5 Å². The Morgan fingerprint density at radius 2 is 0.655 bits per heavy atom. The highest BCUT2D eigenvalue weighted by atomic mass is 35.5. The fourth-order valence-corrected chi connectivity index (χ4v) is 7.85. The second-order valence-electron chi connectivity index (χ2n) is 6.58. The predicted molar refractivity (Wildman–Crippen MR) is 116 cm³/mol. The van der Waals surface area contributed by atoms with Crippen molar-refractivity contribution in [1.82, 2.24) is 0 Å². The second kappa shape index (κ2) is 8.02. The van der Waals surface area contributed by atoms with Crippen molar-refractivity contribution in [3.05, 3.63) is 120 Å². The lowest BCUT2D eigenvalue weighted by Gasteiger charge is -2.27. The molecule has 4 aromatic rings. The molecule has 0 saturated heterocycles. The predicted octanol–water partition coefficient (Wildman–Crippen LogP) is 5.38. The van der Waals surface area contributed by atoms with Gasteiger partial charge in [-0.25, -0.2) is 13.2 Å². The smallest absolute Gasteiger partial charge is 0.144 e. The third-order valence-electron chi connectivity index (χ3n) is 4.86. The number of halogens is 4. The minimum atomic E-state index is -2.54. The van der Waals surface area contributed by atoms with Gasteiger partial charge in [-0.15, -0.1) is 0 Å². The Morgan fingerprint density at radius 3 is 0.931 bits per heavy atom. The zero-order chi connectivity index (χ0) is 20.4. The quantitative estimate of drug-likeness (QED) is 0.384. The van der Waals surface area contributed by atoms with E-state index in [9.17, 15) is 13.2 Å². The Labute approximate surface area is 172 Å². The summed E-state index contributed by atoms with van der Waals surface area (Å²) in [5.41, 5.74) is 0. The Hall–Kier alpha value is -2.61. The molecule has 0 aromatic heterocycles. The third-order valence-corrected chi connectivity index (χ3v) is 9.40. The average Bonchev–Trinajstić information content (AvgIpc) is 2.73. The molecule has 0 bridgehead atoms. The standard InChI is InChI=1S/C24H16ClF3P/c25-17-1-9-21(10-2-17)29(22-11-3-18(26)4-12-22,23-13-5-19(27)6-14-23)24-15-7-20(28)8-16-24/h1-16H/q+1. The van der Waals surface area contributed by atoms with Crippen molar-refractivity contribution in [2.45, 2.75) is 0 Å². The fraction of sp³-hybridized carbons (Fsp3) is 0. The first kappa shape index (κ1) is 19.7. The van der Waals surface area contributed by atoms with E-state index in [4.69, 9.17) is 11.6 Å². The molecule has 0 radical (unpaired) electrons. The van der Waals surface area contributed by atoms with Gasteiger partial charge in [-0.1, -0.05) is 11.6 Å². The van der Waals surface area contributed by atoms with Crippen LogP contribution in [0, 0.1) is 17.5 Å². The van der Waals surface area contributed by atoms with Crippen molar-refractivity contribution in [3.63, 3.8) is 0 Å². The topological polar surface area (TPSA) is 0 Å². The van der Waals surface area contributed by atoms with Gasteiger partial charge in [-0.05, 0) is 97.1 Å². The van der Waals surface area contributed by atoms with E-state index >= 15 is 0 Å². The lowest BCUT2D eigenvalue weighted by Crippen LogP contribution is -2.38. The van der Waals surface area contributed by atoms with Crippen molar-refractivity contribution in [2.75, 3.05) is 0 Å². The van der Waals surface area contributed by atoms with Crippen molar-refractivity contribution in [1.29, 1.82) is 0 Å². The van der Waals surface area contributed by atoms with Gasteiger partial charge >= 0.3 is 0 Å². The van der Waals surface area contributed by atoms with E-state index in [1.807, 2.05) is 12.1 Å². The molecule has 0 atom stereocenters. The molecule has 4 rings (SSSR count). The maximum Gasteiger partial charge on any atom is 0.144 e. The first-order valence-corrected chi connectivity index (χ1v) is 11.1. The zero-order valence-corrected chi connectivity index (χ0v) is 16.8. The normalized spacial score (nSPS) is 11.4. The van der Waals surface area contributed by atoms with Gasteiger partial charge < -0.3 is 0 Å². The monoisotopic (exact) mass is 427 g/mol. The summed E-state index contributed by atoms with van der Waals surface area (Å²) in [6, 6.07) is 26.3. The highest BCUT2D eigenvalue weighted by molar-refractivity contribution is 8.01. The minimum absolute atomic E-state index is 0.346. The SMILES string of the molecule is Fc1ccc([P+](c2ccc(F)cc2)(c2ccc(F)cc2)c2ccc(Cl)cc2)cc1. The van der Waals surface area contributed by atoms with E-state index in [1.165, 1.54) is 36.4 Å². The molecule has 0 fully saturated rings. The maximum atomic E-state index is 13.7. The van der Waals surface area contributed by atoms with Gasteiger partial charge in [0.2, 0.25) is 0 Å². The molecule has 0 aliphatic rings. The molecule has 0 heterocycles. The first-order valence-electron chi connectivity index (χ1n) is 8.94. The van der Waals surface area contributed by atoms with Crippen LogP contribution in [0.3, 0.4) is 0 Å². The molecule has 29 heavy (non-hydrogen) atoms. The van der Waals surface area contributed by atoms with Crippen LogP contribution in [0.2, 0.25) is 5.02 Å². The molecule has 0 saturated carbocycles. The number of hydrogen-bond acceptors (Lipinski definition) is 0. The molecule has 0 amide bonds. The maximum absolute atomic E-state index is 13.7. The van der Waals surface area contributed by atoms with Gasteiger partial charge in [0.1, 0.15) is 45.9 Å². The van der Waals surface area contributed by atoms with E-state index < -0.39 is 7.26 Å². The van der Waals surface area contributed by atoms with E-state index in [0.717, 1.165) is 21.2 Å². The average molecular weight is 428 g/mol. The van der Waals surface area contributed by atoms with E-state index in [0.29, 0.717) is 5.02 Å². The largest absolute Gasteiger partial charge is 0.207 e. The van der Waals surface area contributed by atoms with Crippen molar-refractivity contribution < 1.29 is 13.2 Å². The van der Waals surface area contributed by atoms with Crippen molar-refractivity contribution in [3.8, 4) is 0 Å². The molecule has 0 N–H and O–H groups in total.